The number of nitrogens with zero attached hydrogens (tertiary/aromatic N) is 2. The molecule has 1 aliphatic rings. The van der Waals surface area contributed by atoms with E-state index in [0.717, 1.165) is 45.7 Å². The van der Waals surface area contributed by atoms with Crippen LogP contribution in [-0.2, 0) is 17.9 Å². The summed E-state index contributed by atoms with van der Waals surface area (Å²) in [5.74, 6) is -1.12. The number of nitrogen functional groups attached to an aromatic ring is 1. The van der Waals surface area contributed by atoms with Crippen LogP contribution in [-0.4, -0.2) is 39.7 Å². The second-order valence-electron chi connectivity index (χ2n) is 11.2. The maximum atomic E-state index is 12.3. The number of anilines is 2. The Morgan fingerprint density at radius 3 is 2.72 bits per heavy atom. The Hall–Kier alpha value is -3.29. The van der Waals surface area contributed by atoms with Crippen LogP contribution in [0.5, 0.6) is 5.75 Å². The third-order valence-electron chi connectivity index (χ3n) is 7.58. The number of halogens is 1. The van der Waals surface area contributed by atoms with Crippen molar-refractivity contribution in [1.82, 2.24) is 9.88 Å². The highest BCUT2D eigenvalue weighted by Crippen LogP contribution is 2.42. The molecule has 2 atom stereocenters. The molecule has 2 unspecified atom stereocenters. The molecule has 0 aliphatic carbocycles. The number of hydrogen-bond donors (Lipinski definition) is 3. The molecule has 8 heteroatoms. The summed E-state index contributed by atoms with van der Waals surface area (Å²) in [7, 11) is 0. The molecule has 1 aliphatic heterocycles. The van der Waals surface area contributed by atoms with E-state index in [9.17, 15) is 9.90 Å². The highest BCUT2D eigenvalue weighted by atomic mass is 35.5. The lowest BCUT2D eigenvalue weighted by atomic mass is 9.78. The van der Waals surface area contributed by atoms with Crippen LogP contribution in [0.3, 0.4) is 0 Å². The number of ether oxygens (including phenoxy) is 1. The summed E-state index contributed by atoms with van der Waals surface area (Å²) in [6.45, 7) is 14.8. The Bertz CT molecular complexity index is 1370. The smallest absolute Gasteiger partial charge is 0.307 e. The van der Waals surface area contributed by atoms with Crippen molar-refractivity contribution in [2.75, 3.05) is 24.1 Å². The summed E-state index contributed by atoms with van der Waals surface area (Å²) < 4.78 is 6.31. The third kappa shape index (κ3) is 6.15. The van der Waals surface area contributed by atoms with Crippen LogP contribution < -0.4 is 15.8 Å². The molecule has 4 rings (SSSR count). The van der Waals surface area contributed by atoms with Gasteiger partial charge >= 0.3 is 5.97 Å². The number of nitrogens with one attached hydrogen (secondary N) is 1. The normalized spacial score (nSPS) is 16.5. The summed E-state index contributed by atoms with van der Waals surface area (Å²) in [6, 6.07) is 10.0. The minimum Gasteiger partial charge on any atom is -0.486 e. The number of carboxylic acids is 1. The van der Waals surface area contributed by atoms with Crippen LogP contribution in [0.25, 0.3) is 0 Å². The van der Waals surface area contributed by atoms with Gasteiger partial charge in [0.05, 0.1) is 22.3 Å². The molecule has 1 aromatic heterocycles. The van der Waals surface area contributed by atoms with Crippen LogP contribution in [0, 0.1) is 19.8 Å². The van der Waals surface area contributed by atoms with E-state index in [1.165, 1.54) is 0 Å². The fourth-order valence-corrected chi connectivity index (χ4v) is 5.84. The summed E-state index contributed by atoms with van der Waals surface area (Å²) in [4.78, 5) is 19.0. The topological polar surface area (TPSA) is 101 Å². The number of benzene rings is 2. The Kier molecular flexibility index (Phi) is 8.42. The van der Waals surface area contributed by atoms with E-state index in [-0.39, 0.29) is 5.60 Å². The quantitative estimate of drug-likeness (QED) is 0.279. The third-order valence-corrected chi connectivity index (χ3v) is 7.87. The number of carbonyl (C=O) groups is 1. The first-order valence-corrected chi connectivity index (χ1v) is 13.8. The van der Waals surface area contributed by atoms with Crippen LogP contribution in [0.15, 0.2) is 42.7 Å². The van der Waals surface area contributed by atoms with Gasteiger partial charge in [-0.1, -0.05) is 36.7 Å². The molecule has 208 valence electrons. The number of fused-ring (bicyclic) bond motifs is 1. The number of aromatic nitrogens is 1. The van der Waals surface area contributed by atoms with E-state index in [1.807, 2.05) is 38.2 Å². The molecule has 0 bridgehead atoms. The molecular formula is C31H39ClN4O3. The van der Waals surface area contributed by atoms with E-state index in [4.69, 9.17) is 22.1 Å². The minimum absolute atomic E-state index is 0.377. The van der Waals surface area contributed by atoms with E-state index in [0.29, 0.717) is 36.0 Å². The van der Waals surface area contributed by atoms with Gasteiger partial charge in [-0.2, -0.15) is 0 Å². The predicted octanol–water partition coefficient (Wildman–Crippen LogP) is 6.39. The molecule has 0 saturated carbocycles. The van der Waals surface area contributed by atoms with Gasteiger partial charge in [0, 0.05) is 50.1 Å². The zero-order chi connectivity index (χ0) is 28.5. The zero-order valence-corrected chi connectivity index (χ0v) is 24.4. The Labute approximate surface area is 236 Å². The van der Waals surface area contributed by atoms with Gasteiger partial charge in [-0.25, -0.2) is 0 Å². The lowest BCUT2D eigenvalue weighted by molar-refractivity contribution is -0.141. The predicted molar refractivity (Wildman–Crippen MR) is 158 cm³/mol. The number of hydrogen-bond acceptors (Lipinski definition) is 6. The monoisotopic (exact) mass is 550 g/mol. The lowest BCUT2D eigenvalue weighted by Gasteiger charge is -2.30. The van der Waals surface area contributed by atoms with E-state index < -0.39 is 17.8 Å². The van der Waals surface area contributed by atoms with Crippen molar-refractivity contribution in [2.24, 2.45) is 5.92 Å². The van der Waals surface area contributed by atoms with Crippen molar-refractivity contribution in [2.45, 2.75) is 66.2 Å². The van der Waals surface area contributed by atoms with E-state index in [2.05, 4.69) is 48.1 Å². The minimum atomic E-state index is -0.873. The van der Waals surface area contributed by atoms with Gasteiger partial charge in [0.1, 0.15) is 11.4 Å². The largest absolute Gasteiger partial charge is 0.486 e. The van der Waals surface area contributed by atoms with Gasteiger partial charge in [-0.15, -0.1) is 0 Å². The van der Waals surface area contributed by atoms with Gasteiger partial charge in [0.25, 0.3) is 0 Å². The van der Waals surface area contributed by atoms with Crippen LogP contribution in [0.2, 0.25) is 5.02 Å². The van der Waals surface area contributed by atoms with Crippen LogP contribution in [0.4, 0.5) is 11.4 Å². The van der Waals surface area contributed by atoms with Crippen LogP contribution >= 0.6 is 11.6 Å². The summed E-state index contributed by atoms with van der Waals surface area (Å²) in [6.07, 6.45) is 3.62. The summed E-state index contributed by atoms with van der Waals surface area (Å²) in [5.41, 5.74) is 13.3. The first-order chi connectivity index (χ1) is 18.4. The average Bonchev–Trinajstić information content (AvgIpc) is 3.00. The fourth-order valence-electron chi connectivity index (χ4n) is 5.55. The Balaban J connectivity index is 1.75. The maximum absolute atomic E-state index is 12.3. The molecule has 39 heavy (non-hydrogen) atoms. The fraction of sp³-hybridized carbons (Fsp3) is 0.419. The number of pyridine rings is 1. The van der Waals surface area contributed by atoms with Crippen molar-refractivity contribution in [1.29, 1.82) is 0 Å². The van der Waals surface area contributed by atoms with Gasteiger partial charge in [-0.05, 0) is 74.6 Å². The molecule has 3 aromatic rings. The molecule has 0 fully saturated rings. The molecule has 0 saturated heterocycles. The number of carboxylic acid groups (broad SMARTS) is 1. The van der Waals surface area contributed by atoms with Crippen molar-refractivity contribution in [3.8, 4) is 5.75 Å². The first-order valence-electron chi connectivity index (χ1n) is 13.4. The summed E-state index contributed by atoms with van der Waals surface area (Å²) >= 11 is 6.66. The van der Waals surface area contributed by atoms with Crippen molar-refractivity contribution < 1.29 is 14.6 Å². The first kappa shape index (κ1) is 28.7. The maximum Gasteiger partial charge on any atom is 0.307 e. The molecule has 0 amide bonds. The molecule has 0 spiro atoms. The highest BCUT2D eigenvalue weighted by molar-refractivity contribution is 6.34. The molecule has 2 aromatic carbocycles. The molecular weight excluding hydrogens is 512 g/mol. The van der Waals surface area contributed by atoms with Gasteiger partial charge < -0.3 is 20.9 Å². The van der Waals surface area contributed by atoms with E-state index in [1.54, 1.807) is 13.1 Å². The molecule has 2 heterocycles. The molecule has 0 radical (unpaired) electrons. The number of aryl methyl sites for hydroxylation is 1. The standard InChI is InChI=1S/C31H39ClN4O3/c1-7-35-29-25(32)13-24(19(3)28(29)33)27(20(4)30(37)38)21-9-8-18(2)22(12-21)15-36-16-23-14-34-11-10-26(23)39-31(5,6)17-36/h8-14,20,27,35H,7,15-17,33H2,1-6H3,(H,37,38). The average molecular weight is 551 g/mol. The molecule has 7 nitrogen and oxygen atoms in total. The zero-order valence-electron chi connectivity index (χ0n) is 23.6. The van der Waals surface area contributed by atoms with Crippen molar-refractivity contribution in [3.05, 3.63) is 81.1 Å². The number of rotatable bonds is 8. The van der Waals surface area contributed by atoms with Gasteiger partial charge in [-0.3, -0.25) is 14.7 Å². The van der Waals surface area contributed by atoms with Crippen LogP contribution in [0.1, 0.15) is 67.0 Å². The SMILES string of the molecule is CCNc1c(Cl)cc(C(c2ccc(C)c(CN3Cc4cnccc4OC(C)(C)C3)c2)C(C)C(=O)O)c(C)c1N. The van der Waals surface area contributed by atoms with Crippen molar-refractivity contribution >= 4 is 28.9 Å². The Morgan fingerprint density at radius 2 is 2.03 bits per heavy atom. The highest BCUT2D eigenvalue weighted by Gasteiger charge is 2.32. The number of aliphatic carboxylic acids is 1. The van der Waals surface area contributed by atoms with Gasteiger partial charge in [0.15, 0.2) is 0 Å². The summed E-state index contributed by atoms with van der Waals surface area (Å²) in [5, 5.41) is 13.8. The van der Waals surface area contributed by atoms with Crippen molar-refractivity contribution in [3.63, 3.8) is 0 Å². The number of nitrogens with two attached hydrogens (primary N) is 1. The lowest BCUT2D eigenvalue weighted by Crippen LogP contribution is -2.40. The Morgan fingerprint density at radius 1 is 1.28 bits per heavy atom. The van der Waals surface area contributed by atoms with E-state index >= 15 is 0 Å². The second-order valence-corrected chi connectivity index (χ2v) is 11.6. The van der Waals surface area contributed by atoms with Gasteiger partial charge in [0.2, 0.25) is 0 Å². The second kappa shape index (κ2) is 11.4. The molecule has 4 N–H and O–H groups in total.